The summed E-state index contributed by atoms with van der Waals surface area (Å²) in [7, 11) is 0. The third kappa shape index (κ3) is 2.18. The molecule has 2 rings (SSSR count). The van der Waals surface area contributed by atoms with Gasteiger partial charge in [-0.1, -0.05) is 30.3 Å². The van der Waals surface area contributed by atoms with E-state index >= 15 is 0 Å². The number of nitrogens with zero attached hydrogens (tertiary/aromatic N) is 1. The highest BCUT2D eigenvalue weighted by Crippen LogP contribution is 2.36. The standard InChI is InChI=1S/C10H6F3NS/c11-10(12,13)8-6-14-9(15-8)7-4-2-1-3-5-7/h1-6H. The van der Waals surface area contributed by atoms with E-state index in [1.165, 1.54) is 0 Å². The Morgan fingerprint density at radius 2 is 1.73 bits per heavy atom. The molecule has 0 atom stereocenters. The van der Waals surface area contributed by atoms with E-state index in [1.807, 2.05) is 6.07 Å². The minimum atomic E-state index is -4.30. The van der Waals surface area contributed by atoms with Gasteiger partial charge in [0.25, 0.3) is 0 Å². The Morgan fingerprint density at radius 3 is 2.27 bits per heavy atom. The second-order valence-electron chi connectivity index (χ2n) is 2.89. The van der Waals surface area contributed by atoms with E-state index in [-0.39, 0.29) is 0 Å². The minimum absolute atomic E-state index is 0.392. The van der Waals surface area contributed by atoms with Crippen molar-refractivity contribution in [1.29, 1.82) is 0 Å². The summed E-state index contributed by atoms with van der Waals surface area (Å²) in [5.74, 6) is 0. The fourth-order valence-electron chi connectivity index (χ4n) is 1.12. The molecule has 0 N–H and O–H groups in total. The first-order chi connectivity index (χ1) is 7.07. The molecule has 0 aliphatic rings. The van der Waals surface area contributed by atoms with Crippen molar-refractivity contribution in [2.75, 3.05) is 0 Å². The number of aromatic nitrogens is 1. The number of hydrogen-bond donors (Lipinski definition) is 0. The second-order valence-corrected chi connectivity index (χ2v) is 3.92. The third-order valence-corrected chi connectivity index (χ3v) is 2.90. The molecule has 0 fully saturated rings. The first-order valence-corrected chi connectivity index (χ1v) is 4.97. The second kappa shape index (κ2) is 3.66. The van der Waals surface area contributed by atoms with E-state index in [0.29, 0.717) is 21.9 Å². The van der Waals surface area contributed by atoms with Crippen molar-refractivity contribution in [3.63, 3.8) is 0 Å². The first kappa shape index (κ1) is 10.2. The molecule has 0 aliphatic heterocycles. The van der Waals surface area contributed by atoms with Crippen molar-refractivity contribution in [3.05, 3.63) is 41.4 Å². The Kier molecular flexibility index (Phi) is 2.48. The molecule has 0 aliphatic carbocycles. The molecule has 1 aromatic heterocycles. The molecule has 5 heteroatoms. The summed E-state index contributed by atoms with van der Waals surface area (Å²) >= 11 is 0.657. The molecule has 1 nitrogen and oxygen atoms in total. The summed E-state index contributed by atoms with van der Waals surface area (Å²) in [6.45, 7) is 0. The van der Waals surface area contributed by atoms with Crippen LogP contribution in [0.25, 0.3) is 10.6 Å². The molecule has 1 heterocycles. The smallest absolute Gasteiger partial charge is 0.244 e. The van der Waals surface area contributed by atoms with Gasteiger partial charge in [-0.3, -0.25) is 0 Å². The zero-order chi connectivity index (χ0) is 10.9. The van der Waals surface area contributed by atoms with Crippen LogP contribution in [0.1, 0.15) is 4.88 Å². The van der Waals surface area contributed by atoms with Crippen LogP contribution in [0.2, 0.25) is 0 Å². The van der Waals surface area contributed by atoms with Gasteiger partial charge in [0.05, 0.1) is 6.20 Å². The largest absolute Gasteiger partial charge is 0.427 e. The van der Waals surface area contributed by atoms with Gasteiger partial charge in [0, 0.05) is 5.56 Å². The molecule has 1 aromatic carbocycles. The van der Waals surface area contributed by atoms with Gasteiger partial charge >= 0.3 is 6.18 Å². The number of benzene rings is 1. The maximum Gasteiger partial charge on any atom is 0.427 e. The Labute approximate surface area is 88.2 Å². The predicted molar refractivity (Wildman–Crippen MR) is 52.6 cm³/mol. The minimum Gasteiger partial charge on any atom is -0.244 e. The van der Waals surface area contributed by atoms with Gasteiger partial charge < -0.3 is 0 Å². The lowest BCUT2D eigenvalue weighted by Crippen LogP contribution is -2.00. The van der Waals surface area contributed by atoms with E-state index in [2.05, 4.69) is 4.98 Å². The lowest BCUT2D eigenvalue weighted by atomic mass is 10.2. The number of alkyl halides is 3. The van der Waals surface area contributed by atoms with Crippen molar-refractivity contribution in [2.45, 2.75) is 6.18 Å². The number of thiazole rings is 1. The molecule has 0 saturated heterocycles. The highest BCUT2D eigenvalue weighted by molar-refractivity contribution is 7.15. The molecule has 78 valence electrons. The zero-order valence-corrected chi connectivity index (χ0v) is 8.27. The number of rotatable bonds is 1. The quantitative estimate of drug-likeness (QED) is 0.724. The lowest BCUT2D eigenvalue weighted by molar-refractivity contribution is -0.134. The molecule has 2 aromatic rings. The third-order valence-electron chi connectivity index (χ3n) is 1.81. The first-order valence-electron chi connectivity index (χ1n) is 4.16. The van der Waals surface area contributed by atoms with Gasteiger partial charge in [0.15, 0.2) is 0 Å². The Bertz CT molecular complexity index is 447. The monoisotopic (exact) mass is 229 g/mol. The van der Waals surface area contributed by atoms with Crippen LogP contribution in [-0.2, 0) is 6.18 Å². The average Bonchev–Trinajstić information content (AvgIpc) is 2.67. The van der Waals surface area contributed by atoms with Gasteiger partial charge in [0.1, 0.15) is 9.88 Å². The normalized spacial score (nSPS) is 11.7. The maximum absolute atomic E-state index is 12.3. The van der Waals surface area contributed by atoms with Gasteiger partial charge in [0.2, 0.25) is 0 Å². The van der Waals surface area contributed by atoms with Crippen LogP contribution in [0.4, 0.5) is 13.2 Å². The van der Waals surface area contributed by atoms with Crippen molar-refractivity contribution < 1.29 is 13.2 Å². The maximum atomic E-state index is 12.3. The Hall–Kier alpha value is -1.36. The van der Waals surface area contributed by atoms with E-state index in [1.54, 1.807) is 24.3 Å². The number of hydrogen-bond acceptors (Lipinski definition) is 2. The van der Waals surface area contributed by atoms with Gasteiger partial charge in [-0.2, -0.15) is 13.2 Å². The average molecular weight is 229 g/mol. The van der Waals surface area contributed by atoms with Crippen molar-refractivity contribution in [2.24, 2.45) is 0 Å². The van der Waals surface area contributed by atoms with Crippen LogP contribution < -0.4 is 0 Å². The van der Waals surface area contributed by atoms with E-state index in [0.717, 1.165) is 6.20 Å². The molecule has 0 saturated carbocycles. The van der Waals surface area contributed by atoms with Gasteiger partial charge in [-0.25, -0.2) is 4.98 Å². The van der Waals surface area contributed by atoms with Crippen LogP contribution in [0.3, 0.4) is 0 Å². The lowest BCUT2D eigenvalue weighted by Gasteiger charge is -1.99. The Balaban J connectivity index is 2.37. The van der Waals surface area contributed by atoms with Crippen LogP contribution in [0.15, 0.2) is 36.5 Å². The molecule has 0 unspecified atom stereocenters. The summed E-state index contributed by atoms with van der Waals surface area (Å²) in [6.07, 6.45) is -3.43. The van der Waals surface area contributed by atoms with Crippen molar-refractivity contribution in [3.8, 4) is 10.6 Å². The topological polar surface area (TPSA) is 12.9 Å². The van der Waals surface area contributed by atoms with Crippen LogP contribution in [0.5, 0.6) is 0 Å². The molecule has 0 radical (unpaired) electrons. The fourth-order valence-corrected chi connectivity index (χ4v) is 1.91. The highest BCUT2D eigenvalue weighted by atomic mass is 32.1. The SMILES string of the molecule is FC(F)(F)c1cnc(-c2ccccc2)s1. The molecule has 0 amide bonds. The van der Waals surface area contributed by atoms with Crippen LogP contribution in [0, 0.1) is 0 Å². The highest BCUT2D eigenvalue weighted by Gasteiger charge is 2.33. The molecule has 0 spiro atoms. The van der Waals surface area contributed by atoms with Crippen molar-refractivity contribution >= 4 is 11.3 Å². The summed E-state index contributed by atoms with van der Waals surface area (Å²) < 4.78 is 36.9. The van der Waals surface area contributed by atoms with E-state index in [9.17, 15) is 13.2 Å². The fraction of sp³-hybridized carbons (Fsp3) is 0.100. The zero-order valence-electron chi connectivity index (χ0n) is 7.45. The molecule has 15 heavy (non-hydrogen) atoms. The number of halogens is 3. The Morgan fingerprint density at radius 1 is 1.07 bits per heavy atom. The van der Waals surface area contributed by atoms with Gasteiger partial charge in [-0.05, 0) is 0 Å². The van der Waals surface area contributed by atoms with Crippen molar-refractivity contribution in [1.82, 2.24) is 4.98 Å². The molecular weight excluding hydrogens is 223 g/mol. The molecule has 0 bridgehead atoms. The summed E-state index contributed by atoms with van der Waals surface area (Å²) in [5, 5.41) is 0.392. The van der Waals surface area contributed by atoms with Gasteiger partial charge in [-0.15, -0.1) is 11.3 Å². The summed E-state index contributed by atoms with van der Waals surface area (Å²) in [6, 6.07) is 8.81. The summed E-state index contributed by atoms with van der Waals surface area (Å²) in [4.78, 5) is 3.09. The van der Waals surface area contributed by atoms with E-state index in [4.69, 9.17) is 0 Å². The van der Waals surface area contributed by atoms with E-state index < -0.39 is 11.1 Å². The molecular formula is C10H6F3NS. The summed E-state index contributed by atoms with van der Waals surface area (Å²) in [5.41, 5.74) is 0.706. The van der Waals surface area contributed by atoms with Crippen LogP contribution >= 0.6 is 11.3 Å². The predicted octanol–water partition coefficient (Wildman–Crippen LogP) is 3.83. The van der Waals surface area contributed by atoms with Crippen LogP contribution in [-0.4, -0.2) is 4.98 Å².